The van der Waals surface area contributed by atoms with E-state index in [1.54, 1.807) is 0 Å². The minimum Gasteiger partial charge on any atom is -0.481 e. The predicted octanol–water partition coefficient (Wildman–Crippen LogP) is 7.45. The van der Waals surface area contributed by atoms with Gasteiger partial charge in [0.05, 0.1) is 31.3 Å². The van der Waals surface area contributed by atoms with Gasteiger partial charge in [0.15, 0.2) is 0 Å². The zero-order chi connectivity index (χ0) is 26.2. The maximum absolute atomic E-state index is 11.7. The van der Waals surface area contributed by atoms with Crippen LogP contribution in [0.3, 0.4) is 0 Å². The van der Waals surface area contributed by atoms with Crippen molar-refractivity contribution in [2.75, 3.05) is 6.61 Å². The summed E-state index contributed by atoms with van der Waals surface area (Å²) in [6.45, 7) is 19.3. The number of hydrogen-bond acceptors (Lipinski definition) is 4. The normalized spacial score (nSPS) is 22.8. The SMILES string of the molecule is CC(C)[Si](O[C@@H](CC(=O)O)C[C@@H]1C[C@@H](C)[C@@H]([C@@H](C)CCOCc2ccccc2)O1)(C(C)C)C(C)C. The molecule has 5 nitrogen and oxygen atoms in total. The summed E-state index contributed by atoms with van der Waals surface area (Å²) >= 11 is 0. The van der Waals surface area contributed by atoms with Gasteiger partial charge in [-0.2, -0.15) is 0 Å². The molecule has 6 heteroatoms. The first-order valence-electron chi connectivity index (χ1n) is 13.6. The van der Waals surface area contributed by atoms with Gasteiger partial charge in [0, 0.05) is 6.61 Å². The summed E-state index contributed by atoms with van der Waals surface area (Å²) in [5.41, 5.74) is 2.46. The molecule has 1 aromatic rings. The fourth-order valence-corrected chi connectivity index (χ4v) is 11.9. The van der Waals surface area contributed by atoms with Crippen molar-refractivity contribution in [2.24, 2.45) is 11.8 Å². The zero-order valence-corrected chi connectivity index (χ0v) is 24.3. The third-order valence-electron chi connectivity index (χ3n) is 7.94. The minimum atomic E-state index is -2.17. The van der Waals surface area contributed by atoms with Gasteiger partial charge >= 0.3 is 5.97 Å². The predicted molar refractivity (Wildman–Crippen MR) is 145 cm³/mol. The van der Waals surface area contributed by atoms with E-state index in [-0.39, 0.29) is 24.7 Å². The summed E-state index contributed by atoms with van der Waals surface area (Å²) in [6, 6.07) is 10.3. The third-order valence-corrected chi connectivity index (χ3v) is 14.1. The number of aliphatic carboxylic acids is 1. The molecule has 2 rings (SSSR count). The largest absolute Gasteiger partial charge is 0.481 e. The van der Waals surface area contributed by atoms with Crippen LogP contribution in [0.25, 0.3) is 0 Å². The lowest BCUT2D eigenvalue weighted by atomic mass is 9.90. The number of hydrogen-bond donors (Lipinski definition) is 1. The topological polar surface area (TPSA) is 65.0 Å². The highest BCUT2D eigenvalue weighted by atomic mass is 28.4. The van der Waals surface area contributed by atoms with Crippen molar-refractivity contribution in [1.82, 2.24) is 0 Å². The van der Waals surface area contributed by atoms with E-state index in [0.717, 1.165) is 12.8 Å². The minimum absolute atomic E-state index is 0.0443. The Kier molecular flexibility index (Phi) is 11.9. The van der Waals surface area contributed by atoms with Gasteiger partial charge in [-0.1, -0.05) is 85.7 Å². The van der Waals surface area contributed by atoms with Crippen LogP contribution in [0.4, 0.5) is 0 Å². The number of carboxylic acid groups (broad SMARTS) is 1. The van der Waals surface area contributed by atoms with Crippen molar-refractivity contribution in [2.45, 2.75) is 123 Å². The fourth-order valence-electron chi connectivity index (χ4n) is 6.36. The summed E-state index contributed by atoms with van der Waals surface area (Å²) < 4.78 is 19.4. The maximum Gasteiger partial charge on any atom is 0.305 e. The van der Waals surface area contributed by atoms with E-state index in [0.29, 0.717) is 48.1 Å². The molecule has 0 unspecified atom stereocenters. The zero-order valence-electron chi connectivity index (χ0n) is 23.3. The van der Waals surface area contributed by atoms with Crippen molar-refractivity contribution in [1.29, 1.82) is 0 Å². The fraction of sp³-hybridized carbons (Fsp3) is 0.759. The van der Waals surface area contributed by atoms with Crippen molar-refractivity contribution in [3.8, 4) is 0 Å². The Labute approximate surface area is 215 Å². The number of carbonyl (C=O) groups is 1. The Bertz CT molecular complexity index is 729. The second kappa shape index (κ2) is 13.9. The molecule has 35 heavy (non-hydrogen) atoms. The first-order chi connectivity index (χ1) is 16.5. The molecule has 0 saturated carbocycles. The van der Waals surface area contributed by atoms with Crippen LogP contribution in [0.5, 0.6) is 0 Å². The highest BCUT2D eigenvalue weighted by Gasteiger charge is 2.47. The van der Waals surface area contributed by atoms with Gasteiger partial charge in [-0.05, 0) is 53.3 Å². The maximum atomic E-state index is 11.7. The van der Waals surface area contributed by atoms with Crippen molar-refractivity contribution < 1.29 is 23.8 Å². The third kappa shape index (κ3) is 8.41. The van der Waals surface area contributed by atoms with E-state index in [4.69, 9.17) is 13.9 Å². The molecule has 1 fully saturated rings. The Balaban J connectivity index is 1.96. The van der Waals surface area contributed by atoms with E-state index >= 15 is 0 Å². The summed E-state index contributed by atoms with van der Waals surface area (Å²) in [5, 5.41) is 9.65. The number of carboxylic acids is 1. The smallest absolute Gasteiger partial charge is 0.305 e. The van der Waals surface area contributed by atoms with Crippen LogP contribution in [0.1, 0.15) is 86.6 Å². The molecule has 5 atom stereocenters. The standard InChI is InChI=1S/C29H50O5Si/c1-20(2)35(21(3)4,22(5)6)34-27(18-28(30)31)17-26-16-24(8)29(33-26)23(7)14-15-32-19-25-12-10-9-11-13-25/h9-13,20-24,26-27,29H,14-19H2,1-8H3,(H,30,31)/t23-,24+,26-,27+,29+/m0/s1. The molecular weight excluding hydrogens is 456 g/mol. The molecule has 1 N–H and O–H groups in total. The van der Waals surface area contributed by atoms with Crippen LogP contribution in [0.15, 0.2) is 30.3 Å². The van der Waals surface area contributed by atoms with Crippen LogP contribution in [-0.4, -0.2) is 44.3 Å². The average molecular weight is 507 g/mol. The number of ether oxygens (including phenoxy) is 2. The van der Waals surface area contributed by atoms with Gasteiger partial charge in [-0.3, -0.25) is 4.79 Å². The molecule has 0 radical (unpaired) electrons. The van der Waals surface area contributed by atoms with Gasteiger partial charge in [0.2, 0.25) is 8.32 Å². The molecular formula is C29H50O5Si. The van der Waals surface area contributed by atoms with Crippen LogP contribution < -0.4 is 0 Å². The van der Waals surface area contributed by atoms with E-state index < -0.39 is 14.3 Å². The molecule has 1 saturated heterocycles. The summed E-state index contributed by atoms with van der Waals surface area (Å²) in [4.78, 5) is 11.7. The average Bonchev–Trinajstić information content (AvgIpc) is 3.14. The van der Waals surface area contributed by atoms with E-state index in [9.17, 15) is 9.90 Å². The Morgan fingerprint density at radius 1 is 1.06 bits per heavy atom. The molecule has 0 spiro atoms. The van der Waals surface area contributed by atoms with Gasteiger partial charge < -0.3 is 19.0 Å². The first-order valence-corrected chi connectivity index (χ1v) is 15.8. The van der Waals surface area contributed by atoms with Crippen molar-refractivity contribution >= 4 is 14.3 Å². The van der Waals surface area contributed by atoms with Crippen molar-refractivity contribution in [3.63, 3.8) is 0 Å². The molecule has 0 bridgehead atoms. The Hall–Kier alpha value is -1.21. The van der Waals surface area contributed by atoms with E-state index in [1.807, 2.05) is 18.2 Å². The molecule has 0 aromatic heterocycles. The Morgan fingerprint density at radius 2 is 1.66 bits per heavy atom. The van der Waals surface area contributed by atoms with Gasteiger partial charge in [0.1, 0.15) is 0 Å². The molecule has 200 valence electrons. The number of rotatable bonds is 15. The summed E-state index contributed by atoms with van der Waals surface area (Å²) in [5.74, 6) is 0.0395. The quantitative estimate of drug-likeness (QED) is 0.198. The van der Waals surface area contributed by atoms with E-state index in [1.165, 1.54) is 5.56 Å². The second-order valence-electron chi connectivity index (χ2n) is 11.6. The summed E-state index contributed by atoms with van der Waals surface area (Å²) in [6.07, 6.45) is 2.53. The molecule has 1 aliphatic heterocycles. The summed E-state index contributed by atoms with van der Waals surface area (Å²) in [7, 11) is -2.17. The van der Waals surface area contributed by atoms with Crippen LogP contribution >= 0.6 is 0 Å². The molecule has 0 aliphatic carbocycles. The highest BCUT2D eigenvalue weighted by molar-refractivity contribution is 6.77. The second-order valence-corrected chi connectivity index (χ2v) is 17.0. The first kappa shape index (κ1) is 30.0. The van der Waals surface area contributed by atoms with Crippen LogP contribution in [-0.2, 0) is 25.3 Å². The molecule has 1 aliphatic rings. The lowest BCUT2D eigenvalue weighted by Gasteiger charge is -2.44. The van der Waals surface area contributed by atoms with Gasteiger partial charge in [-0.15, -0.1) is 0 Å². The van der Waals surface area contributed by atoms with Gasteiger partial charge in [0.25, 0.3) is 0 Å². The molecule has 1 aromatic carbocycles. The lowest BCUT2D eigenvalue weighted by molar-refractivity contribution is -0.139. The van der Waals surface area contributed by atoms with Crippen molar-refractivity contribution in [3.05, 3.63) is 35.9 Å². The number of benzene rings is 1. The molecule has 1 heterocycles. The Morgan fingerprint density at radius 3 is 2.20 bits per heavy atom. The monoisotopic (exact) mass is 506 g/mol. The highest BCUT2D eigenvalue weighted by Crippen LogP contribution is 2.44. The molecule has 0 amide bonds. The van der Waals surface area contributed by atoms with Crippen LogP contribution in [0.2, 0.25) is 16.6 Å². The van der Waals surface area contributed by atoms with Gasteiger partial charge in [-0.25, -0.2) is 0 Å². The van der Waals surface area contributed by atoms with Crippen LogP contribution in [0, 0.1) is 11.8 Å². The lowest BCUT2D eigenvalue weighted by Crippen LogP contribution is -2.51. The van der Waals surface area contributed by atoms with E-state index in [2.05, 4.69) is 67.5 Å².